The zero-order valence-corrected chi connectivity index (χ0v) is 15.1. The van der Waals surface area contributed by atoms with Gasteiger partial charge in [0.1, 0.15) is 5.76 Å². The molecule has 1 heterocycles. The molecule has 0 radical (unpaired) electrons. The van der Waals surface area contributed by atoms with Crippen LogP contribution in [0.4, 0.5) is 0 Å². The fourth-order valence-electron chi connectivity index (χ4n) is 3.39. The van der Waals surface area contributed by atoms with Crippen LogP contribution in [-0.4, -0.2) is 28.2 Å². The standard InChI is InChI=1S/C22H23NO3/c1-3-14-23-19(16-12-10-15(4-2)11-13-16)18(21(25)22(23)26)20(24)17-8-6-5-7-9-17/h5-13,19,24H,3-4,14H2,1-2H3/b20-18-. The molecule has 3 rings (SSSR count). The molecule has 0 aromatic heterocycles. The summed E-state index contributed by atoms with van der Waals surface area (Å²) in [6.45, 7) is 4.51. The van der Waals surface area contributed by atoms with Crippen LogP contribution < -0.4 is 0 Å². The number of aliphatic hydroxyl groups is 1. The van der Waals surface area contributed by atoms with Crippen molar-refractivity contribution in [1.29, 1.82) is 0 Å². The van der Waals surface area contributed by atoms with E-state index in [1.165, 1.54) is 5.56 Å². The molecule has 1 aliphatic heterocycles. The maximum absolute atomic E-state index is 12.7. The van der Waals surface area contributed by atoms with E-state index in [4.69, 9.17) is 0 Å². The van der Waals surface area contributed by atoms with Gasteiger partial charge in [-0.15, -0.1) is 0 Å². The molecule has 0 aliphatic carbocycles. The van der Waals surface area contributed by atoms with Gasteiger partial charge in [0.15, 0.2) is 0 Å². The molecule has 134 valence electrons. The summed E-state index contributed by atoms with van der Waals surface area (Å²) in [6.07, 6.45) is 1.65. The minimum Gasteiger partial charge on any atom is -0.507 e. The van der Waals surface area contributed by atoms with E-state index < -0.39 is 17.7 Å². The van der Waals surface area contributed by atoms with Crippen molar-refractivity contribution in [3.05, 3.63) is 76.9 Å². The minimum absolute atomic E-state index is 0.118. The lowest BCUT2D eigenvalue weighted by Gasteiger charge is -2.25. The van der Waals surface area contributed by atoms with E-state index in [9.17, 15) is 14.7 Å². The number of carbonyl (C=O) groups excluding carboxylic acids is 2. The molecular formula is C22H23NO3. The third kappa shape index (κ3) is 3.15. The van der Waals surface area contributed by atoms with Crippen molar-refractivity contribution in [2.75, 3.05) is 6.54 Å². The number of aliphatic hydroxyl groups excluding tert-OH is 1. The highest BCUT2D eigenvalue weighted by Gasteiger charge is 2.45. The number of hydrogen-bond acceptors (Lipinski definition) is 3. The highest BCUT2D eigenvalue weighted by atomic mass is 16.3. The lowest BCUT2D eigenvalue weighted by Crippen LogP contribution is -2.30. The summed E-state index contributed by atoms with van der Waals surface area (Å²) in [4.78, 5) is 26.8. The second-order valence-electron chi connectivity index (χ2n) is 6.45. The summed E-state index contributed by atoms with van der Waals surface area (Å²) < 4.78 is 0. The van der Waals surface area contributed by atoms with Crippen LogP contribution >= 0.6 is 0 Å². The summed E-state index contributed by atoms with van der Waals surface area (Å²) in [5.74, 6) is -1.29. The lowest BCUT2D eigenvalue weighted by atomic mass is 9.94. The Bertz CT molecular complexity index is 837. The molecule has 0 spiro atoms. The minimum atomic E-state index is -0.621. The molecule has 1 amide bonds. The highest BCUT2D eigenvalue weighted by Crippen LogP contribution is 2.39. The number of Topliss-reactive ketones (excluding diaryl/α,β-unsaturated/α-hetero) is 1. The molecule has 2 aromatic carbocycles. The average molecular weight is 349 g/mol. The number of aryl methyl sites for hydroxylation is 1. The van der Waals surface area contributed by atoms with Crippen molar-refractivity contribution in [3.8, 4) is 0 Å². The van der Waals surface area contributed by atoms with E-state index in [0.29, 0.717) is 12.1 Å². The van der Waals surface area contributed by atoms with Gasteiger partial charge in [0.25, 0.3) is 11.7 Å². The number of rotatable bonds is 5. The number of ketones is 1. The number of likely N-dealkylation sites (tertiary alicyclic amines) is 1. The fourth-order valence-corrected chi connectivity index (χ4v) is 3.39. The summed E-state index contributed by atoms with van der Waals surface area (Å²) in [7, 11) is 0. The zero-order valence-electron chi connectivity index (χ0n) is 15.1. The van der Waals surface area contributed by atoms with Crippen LogP contribution in [0.2, 0.25) is 0 Å². The second kappa shape index (κ2) is 7.56. The molecular weight excluding hydrogens is 326 g/mol. The van der Waals surface area contributed by atoms with Gasteiger partial charge in [0.2, 0.25) is 0 Å². The number of carbonyl (C=O) groups is 2. The smallest absolute Gasteiger partial charge is 0.295 e. The summed E-state index contributed by atoms with van der Waals surface area (Å²) in [5, 5.41) is 10.8. The van der Waals surface area contributed by atoms with Crippen molar-refractivity contribution >= 4 is 17.4 Å². The summed E-state index contributed by atoms with van der Waals surface area (Å²) in [5.41, 5.74) is 2.73. The maximum atomic E-state index is 12.7. The molecule has 2 aromatic rings. The van der Waals surface area contributed by atoms with E-state index in [-0.39, 0.29) is 11.3 Å². The molecule has 1 N–H and O–H groups in total. The molecule has 0 saturated carbocycles. The Morgan fingerprint density at radius 1 is 1.00 bits per heavy atom. The molecule has 4 heteroatoms. The zero-order chi connectivity index (χ0) is 18.7. The van der Waals surface area contributed by atoms with Crippen LogP contribution in [0.3, 0.4) is 0 Å². The molecule has 1 fully saturated rings. The number of amides is 1. The molecule has 26 heavy (non-hydrogen) atoms. The Labute approximate surface area is 153 Å². The van der Waals surface area contributed by atoms with Crippen LogP contribution in [0.5, 0.6) is 0 Å². The van der Waals surface area contributed by atoms with Crippen molar-refractivity contribution in [2.24, 2.45) is 0 Å². The molecule has 1 atom stereocenters. The number of hydrogen-bond donors (Lipinski definition) is 1. The summed E-state index contributed by atoms with van der Waals surface area (Å²) in [6, 6.07) is 16.2. The fraction of sp³-hybridized carbons (Fsp3) is 0.273. The number of benzene rings is 2. The Hall–Kier alpha value is -2.88. The van der Waals surface area contributed by atoms with Crippen molar-refractivity contribution in [1.82, 2.24) is 4.90 Å². The van der Waals surface area contributed by atoms with Crippen LogP contribution in [0.15, 0.2) is 60.2 Å². The van der Waals surface area contributed by atoms with E-state index in [1.54, 1.807) is 29.2 Å². The maximum Gasteiger partial charge on any atom is 0.295 e. The van der Waals surface area contributed by atoms with Crippen LogP contribution in [0.1, 0.15) is 43.0 Å². The predicted molar refractivity (Wildman–Crippen MR) is 102 cm³/mol. The number of nitrogens with zero attached hydrogens (tertiary/aromatic N) is 1. The normalized spacial score (nSPS) is 19.2. The van der Waals surface area contributed by atoms with Gasteiger partial charge in [-0.2, -0.15) is 0 Å². The largest absolute Gasteiger partial charge is 0.507 e. The first-order valence-corrected chi connectivity index (χ1v) is 9.01. The lowest BCUT2D eigenvalue weighted by molar-refractivity contribution is -0.139. The van der Waals surface area contributed by atoms with E-state index >= 15 is 0 Å². The quantitative estimate of drug-likeness (QED) is 0.503. The Balaban J connectivity index is 2.15. The first kappa shape index (κ1) is 17.9. The van der Waals surface area contributed by atoms with Crippen LogP contribution in [-0.2, 0) is 16.0 Å². The Morgan fingerprint density at radius 3 is 2.23 bits per heavy atom. The van der Waals surface area contributed by atoms with Crippen molar-refractivity contribution in [2.45, 2.75) is 32.7 Å². The van der Waals surface area contributed by atoms with Gasteiger partial charge in [0.05, 0.1) is 11.6 Å². The van der Waals surface area contributed by atoms with Gasteiger partial charge in [-0.1, -0.05) is 68.4 Å². The van der Waals surface area contributed by atoms with E-state index in [1.807, 2.05) is 37.3 Å². The van der Waals surface area contributed by atoms with Crippen molar-refractivity contribution < 1.29 is 14.7 Å². The second-order valence-corrected chi connectivity index (χ2v) is 6.45. The van der Waals surface area contributed by atoms with Gasteiger partial charge in [-0.25, -0.2) is 0 Å². The molecule has 1 aliphatic rings. The first-order valence-electron chi connectivity index (χ1n) is 9.01. The molecule has 0 bridgehead atoms. The topological polar surface area (TPSA) is 57.6 Å². The molecule has 4 nitrogen and oxygen atoms in total. The van der Waals surface area contributed by atoms with Crippen LogP contribution in [0.25, 0.3) is 5.76 Å². The van der Waals surface area contributed by atoms with Crippen LogP contribution in [0, 0.1) is 0 Å². The highest BCUT2D eigenvalue weighted by molar-refractivity contribution is 6.46. The third-order valence-electron chi connectivity index (χ3n) is 4.76. The van der Waals surface area contributed by atoms with Gasteiger partial charge in [-0.3, -0.25) is 9.59 Å². The summed E-state index contributed by atoms with van der Waals surface area (Å²) >= 11 is 0. The predicted octanol–water partition coefficient (Wildman–Crippen LogP) is 4.08. The molecule has 1 saturated heterocycles. The van der Waals surface area contributed by atoms with Crippen molar-refractivity contribution in [3.63, 3.8) is 0 Å². The van der Waals surface area contributed by atoms with Gasteiger partial charge < -0.3 is 10.0 Å². The van der Waals surface area contributed by atoms with E-state index in [2.05, 4.69) is 6.92 Å². The van der Waals surface area contributed by atoms with E-state index in [0.717, 1.165) is 18.4 Å². The third-order valence-corrected chi connectivity index (χ3v) is 4.76. The van der Waals surface area contributed by atoms with Gasteiger partial charge in [-0.05, 0) is 24.0 Å². The SMILES string of the molecule is CCCN1C(=O)C(=O)/C(=C(\O)c2ccccc2)C1c1ccc(CC)cc1. The van der Waals surface area contributed by atoms with Gasteiger partial charge >= 0.3 is 0 Å². The Kier molecular flexibility index (Phi) is 5.21. The molecule has 1 unspecified atom stereocenters. The monoisotopic (exact) mass is 349 g/mol. The first-order chi connectivity index (χ1) is 12.6. The Morgan fingerprint density at radius 2 is 1.65 bits per heavy atom. The van der Waals surface area contributed by atoms with Gasteiger partial charge in [0, 0.05) is 12.1 Å². The average Bonchev–Trinajstić information content (AvgIpc) is 2.93.